The Kier molecular flexibility index (Phi) is 3.18. The van der Waals surface area contributed by atoms with Crippen LogP contribution in [0.3, 0.4) is 0 Å². The first-order chi connectivity index (χ1) is 6.87. The molecule has 0 aromatic heterocycles. The molecule has 1 aliphatic rings. The van der Waals surface area contributed by atoms with Crippen molar-refractivity contribution >= 4 is 25.8 Å². The van der Waals surface area contributed by atoms with E-state index in [9.17, 15) is 21.6 Å². The summed E-state index contributed by atoms with van der Waals surface area (Å²) in [5.41, 5.74) is -1.75. The first kappa shape index (κ1) is 13.9. The van der Waals surface area contributed by atoms with Crippen molar-refractivity contribution < 1.29 is 25.8 Å². The van der Waals surface area contributed by atoms with Gasteiger partial charge in [0.05, 0.1) is 11.7 Å². The van der Waals surface area contributed by atoms with Gasteiger partial charge in [0, 0.05) is 5.40 Å². The van der Waals surface area contributed by atoms with Crippen LogP contribution >= 0.6 is 0 Å². The zero-order valence-corrected chi connectivity index (χ0v) is 10.2. The van der Waals surface area contributed by atoms with Gasteiger partial charge in [0.2, 0.25) is 0 Å². The summed E-state index contributed by atoms with van der Waals surface area (Å²) in [6.07, 6.45) is -3.68. The SMILES string of the molecule is BC(B)(CC1(C(F)(F)F)CC1)OS(C)(=O)=O. The molecule has 0 bridgehead atoms. The van der Waals surface area contributed by atoms with Crippen LogP contribution in [0, 0.1) is 5.41 Å². The van der Waals surface area contributed by atoms with E-state index in [1.807, 2.05) is 0 Å². The standard InChI is InChI=1S/C7H13B2F3O3S/c1-16(13,14)15-6(8,9)4-5(2-3-5)7(10,11)12/h2-4,8-9H2,1H3. The van der Waals surface area contributed by atoms with Crippen molar-refractivity contribution in [1.82, 2.24) is 0 Å². The fourth-order valence-corrected chi connectivity index (χ4v) is 2.84. The molecule has 1 rings (SSSR count). The third-order valence-electron chi connectivity index (χ3n) is 2.60. The summed E-state index contributed by atoms with van der Waals surface area (Å²) in [5.74, 6) is 0. The molecule has 1 aliphatic carbocycles. The topological polar surface area (TPSA) is 43.4 Å². The van der Waals surface area contributed by atoms with Crippen LogP contribution in [0.15, 0.2) is 0 Å². The van der Waals surface area contributed by atoms with E-state index < -0.39 is 27.1 Å². The highest BCUT2D eigenvalue weighted by atomic mass is 32.2. The third-order valence-corrected chi connectivity index (χ3v) is 3.35. The second-order valence-corrected chi connectivity index (χ2v) is 6.58. The largest absolute Gasteiger partial charge is 0.394 e. The normalized spacial score (nSPS) is 20.8. The van der Waals surface area contributed by atoms with Crippen molar-refractivity contribution in [2.24, 2.45) is 5.41 Å². The number of hydrogen-bond acceptors (Lipinski definition) is 3. The predicted octanol–water partition coefficient (Wildman–Crippen LogP) is -0.385. The fourth-order valence-electron chi connectivity index (χ4n) is 1.97. The molecule has 0 radical (unpaired) electrons. The highest BCUT2D eigenvalue weighted by Gasteiger charge is 2.64. The Morgan fingerprint density at radius 2 is 1.75 bits per heavy atom. The molecule has 0 N–H and O–H groups in total. The molecule has 0 atom stereocenters. The van der Waals surface area contributed by atoms with Crippen molar-refractivity contribution in [3.05, 3.63) is 0 Å². The summed E-state index contributed by atoms with van der Waals surface area (Å²) >= 11 is 0. The second-order valence-electron chi connectivity index (χ2n) is 5.00. The lowest BCUT2D eigenvalue weighted by atomic mass is 9.60. The lowest BCUT2D eigenvalue weighted by Crippen LogP contribution is -2.42. The molecule has 1 saturated carbocycles. The second kappa shape index (κ2) is 3.66. The van der Waals surface area contributed by atoms with Gasteiger partial charge in [-0.05, 0) is 19.3 Å². The van der Waals surface area contributed by atoms with E-state index in [0.29, 0.717) is 0 Å². The minimum Gasteiger partial charge on any atom is -0.282 e. The molecule has 92 valence electrons. The molecule has 0 saturated heterocycles. The van der Waals surface area contributed by atoms with Gasteiger partial charge >= 0.3 is 6.18 Å². The molecule has 16 heavy (non-hydrogen) atoms. The summed E-state index contributed by atoms with van der Waals surface area (Å²) in [5, 5.41) is -1.32. The van der Waals surface area contributed by atoms with Crippen LogP contribution in [-0.4, -0.2) is 41.9 Å². The van der Waals surface area contributed by atoms with Crippen LogP contribution in [-0.2, 0) is 14.3 Å². The average Bonchev–Trinajstić information content (AvgIpc) is 2.58. The van der Waals surface area contributed by atoms with Gasteiger partial charge in [-0.3, -0.25) is 4.18 Å². The Morgan fingerprint density at radius 1 is 1.31 bits per heavy atom. The molecule has 0 aromatic rings. The van der Waals surface area contributed by atoms with Crippen molar-refractivity contribution in [3.63, 3.8) is 0 Å². The van der Waals surface area contributed by atoms with Crippen molar-refractivity contribution in [2.75, 3.05) is 6.26 Å². The van der Waals surface area contributed by atoms with Gasteiger partial charge in [-0.2, -0.15) is 21.6 Å². The van der Waals surface area contributed by atoms with Crippen LogP contribution < -0.4 is 0 Å². The molecule has 9 heteroatoms. The van der Waals surface area contributed by atoms with Crippen LogP contribution in [0.2, 0.25) is 0 Å². The Balaban J connectivity index is 2.74. The van der Waals surface area contributed by atoms with Gasteiger partial charge in [-0.15, -0.1) is 0 Å². The molecule has 0 amide bonds. The molecule has 0 aromatic carbocycles. The van der Waals surface area contributed by atoms with Crippen molar-refractivity contribution in [3.8, 4) is 0 Å². The van der Waals surface area contributed by atoms with E-state index in [2.05, 4.69) is 4.18 Å². The van der Waals surface area contributed by atoms with E-state index >= 15 is 0 Å². The lowest BCUT2D eigenvalue weighted by molar-refractivity contribution is -0.192. The first-order valence-electron chi connectivity index (χ1n) is 4.84. The van der Waals surface area contributed by atoms with Crippen LogP contribution in [0.1, 0.15) is 19.3 Å². The summed E-state index contributed by atoms with van der Waals surface area (Å²) in [4.78, 5) is 0. The van der Waals surface area contributed by atoms with E-state index in [4.69, 9.17) is 0 Å². The molecule has 0 unspecified atom stereocenters. The van der Waals surface area contributed by atoms with Crippen LogP contribution in [0.4, 0.5) is 13.2 Å². The Labute approximate surface area is 94.7 Å². The van der Waals surface area contributed by atoms with Gasteiger partial charge in [0.25, 0.3) is 10.1 Å². The molecule has 3 nitrogen and oxygen atoms in total. The minimum absolute atomic E-state index is 0.0487. The molecule has 0 spiro atoms. The minimum atomic E-state index is -4.29. The van der Waals surface area contributed by atoms with Gasteiger partial charge in [0.1, 0.15) is 15.7 Å². The van der Waals surface area contributed by atoms with E-state index in [-0.39, 0.29) is 19.3 Å². The van der Waals surface area contributed by atoms with Gasteiger partial charge in [-0.1, -0.05) is 0 Å². The van der Waals surface area contributed by atoms with E-state index in [1.165, 1.54) is 15.7 Å². The molecule has 0 heterocycles. The number of alkyl halides is 3. The first-order valence-corrected chi connectivity index (χ1v) is 6.66. The highest BCUT2D eigenvalue weighted by Crippen LogP contribution is 2.61. The van der Waals surface area contributed by atoms with E-state index in [1.54, 1.807) is 0 Å². The van der Waals surface area contributed by atoms with Crippen molar-refractivity contribution in [1.29, 1.82) is 0 Å². The zero-order chi connectivity index (χ0) is 12.8. The predicted molar refractivity (Wildman–Crippen MR) is 58.1 cm³/mol. The lowest BCUT2D eigenvalue weighted by Gasteiger charge is -2.30. The smallest absolute Gasteiger partial charge is 0.282 e. The number of hydrogen-bond donors (Lipinski definition) is 0. The summed E-state index contributed by atoms with van der Waals surface area (Å²) in [7, 11) is -1.02. The Hall–Kier alpha value is -0.170. The zero-order valence-electron chi connectivity index (χ0n) is 9.39. The Bertz CT molecular complexity index is 373. The Morgan fingerprint density at radius 3 is 2.00 bits per heavy atom. The van der Waals surface area contributed by atoms with Gasteiger partial charge < -0.3 is 0 Å². The maximum Gasteiger partial charge on any atom is 0.394 e. The number of halogens is 3. The highest BCUT2D eigenvalue weighted by molar-refractivity contribution is 7.86. The van der Waals surface area contributed by atoms with E-state index in [0.717, 1.165) is 6.26 Å². The maximum absolute atomic E-state index is 12.7. The molecular formula is C7H13B2F3O3S. The average molecular weight is 256 g/mol. The molecule has 1 fully saturated rings. The van der Waals surface area contributed by atoms with Gasteiger partial charge in [0.15, 0.2) is 0 Å². The summed E-state index contributed by atoms with van der Waals surface area (Å²) in [6.45, 7) is 0. The quantitative estimate of drug-likeness (QED) is 0.508. The van der Waals surface area contributed by atoms with Crippen LogP contribution in [0.25, 0.3) is 0 Å². The third kappa shape index (κ3) is 3.41. The van der Waals surface area contributed by atoms with Crippen LogP contribution in [0.5, 0.6) is 0 Å². The monoisotopic (exact) mass is 256 g/mol. The van der Waals surface area contributed by atoms with Gasteiger partial charge in [-0.25, -0.2) is 0 Å². The fraction of sp³-hybridized carbons (Fsp3) is 1.00. The summed E-state index contributed by atoms with van der Waals surface area (Å²) in [6, 6.07) is 0. The number of rotatable bonds is 4. The molecule has 0 aliphatic heterocycles. The summed E-state index contributed by atoms with van der Waals surface area (Å²) < 4.78 is 64.4. The molecular weight excluding hydrogens is 243 g/mol. The maximum atomic E-state index is 12.7. The van der Waals surface area contributed by atoms with Crippen molar-refractivity contribution in [2.45, 2.75) is 30.8 Å².